The fourth-order valence-electron chi connectivity index (χ4n) is 3.15. The van der Waals surface area contributed by atoms with Gasteiger partial charge in [-0.2, -0.15) is 5.26 Å². The Hall–Kier alpha value is -2.97. The van der Waals surface area contributed by atoms with Crippen LogP contribution in [-0.2, 0) is 15.6 Å². The van der Waals surface area contributed by atoms with Crippen LogP contribution in [0.2, 0.25) is 0 Å². The van der Waals surface area contributed by atoms with Crippen molar-refractivity contribution in [2.24, 2.45) is 0 Å². The van der Waals surface area contributed by atoms with Crippen LogP contribution in [0.5, 0.6) is 0 Å². The maximum atomic E-state index is 11.5. The van der Waals surface area contributed by atoms with Gasteiger partial charge in [0, 0.05) is 22.0 Å². The predicted octanol–water partition coefficient (Wildman–Crippen LogP) is 4.10. The van der Waals surface area contributed by atoms with Crippen LogP contribution in [0.25, 0.3) is 17.2 Å². The first-order chi connectivity index (χ1) is 12.4. The molecule has 0 saturated heterocycles. The van der Waals surface area contributed by atoms with E-state index in [9.17, 15) is 14.1 Å². The Morgan fingerprint density at radius 2 is 1.88 bits per heavy atom. The monoisotopic (exact) mass is 363 g/mol. The normalized spacial score (nSPS) is 15.7. The summed E-state index contributed by atoms with van der Waals surface area (Å²) in [6, 6.07) is 14.9. The molecule has 0 bridgehead atoms. The number of carboxylic acids is 1. The lowest BCUT2D eigenvalue weighted by atomic mass is 9.99. The van der Waals surface area contributed by atoms with Gasteiger partial charge in [-0.3, -0.25) is 9.00 Å². The Bertz CT molecular complexity index is 1020. The quantitative estimate of drug-likeness (QED) is 0.887. The van der Waals surface area contributed by atoms with Gasteiger partial charge in [0.25, 0.3) is 0 Å². The number of allylic oxidation sites excluding steroid dienone is 2. The summed E-state index contributed by atoms with van der Waals surface area (Å²) in [6.07, 6.45) is 3.55. The molecule has 1 aliphatic rings. The van der Waals surface area contributed by atoms with E-state index in [0.29, 0.717) is 5.56 Å². The standard InChI is InChI=1S/C21H17NO3S/c1-13-18(9-14-3-6-16(7-4-14)26(2)25)17-8-5-15(12-22)10-20(17)19(13)11-21(23)24/h3-10H,11H2,1-2H3,(H,23,24)/b18-9-. The van der Waals surface area contributed by atoms with Crippen molar-refractivity contribution in [3.05, 3.63) is 70.3 Å². The molecule has 1 atom stereocenters. The zero-order valence-electron chi connectivity index (χ0n) is 14.4. The molecule has 3 rings (SSSR count). The van der Waals surface area contributed by atoms with Gasteiger partial charge in [-0.15, -0.1) is 0 Å². The van der Waals surface area contributed by atoms with Crippen LogP contribution in [0.3, 0.4) is 0 Å². The van der Waals surface area contributed by atoms with Gasteiger partial charge in [0.2, 0.25) is 0 Å². The Morgan fingerprint density at radius 3 is 2.46 bits per heavy atom. The number of benzene rings is 2. The zero-order chi connectivity index (χ0) is 18.8. The molecular weight excluding hydrogens is 346 g/mol. The first kappa shape index (κ1) is 17.8. The molecule has 2 aromatic carbocycles. The largest absolute Gasteiger partial charge is 0.481 e. The van der Waals surface area contributed by atoms with Crippen molar-refractivity contribution in [3.63, 3.8) is 0 Å². The highest BCUT2D eigenvalue weighted by atomic mass is 32.2. The third kappa shape index (κ3) is 3.37. The molecule has 1 aliphatic carbocycles. The molecular formula is C21H17NO3S. The van der Waals surface area contributed by atoms with E-state index in [4.69, 9.17) is 5.26 Å². The minimum absolute atomic E-state index is 0.0845. The molecule has 0 saturated carbocycles. The molecule has 0 spiro atoms. The van der Waals surface area contributed by atoms with E-state index in [1.165, 1.54) is 0 Å². The molecule has 5 heteroatoms. The van der Waals surface area contributed by atoms with Crippen molar-refractivity contribution in [2.75, 3.05) is 6.26 Å². The molecule has 0 heterocycles. The number of carbonyl (C=O) groups is 1. The maximum absolute atomic E-state index is 11.5. The van der Waals surface area contributed by atoms with E-state index in [-0.39, 0.29) is 6.42 Å². The summed E-state index contributed by atoms with van der Waals surface area (Å²) >= 11 is 0. The van der Waals surface area contributed by atoms with Crippen molar-refractivity contribution in [1.82, 2.24) is 0 Å². The van der Waals surface area contributed by atoms with Crippen LogP contribution in [-0.4, -0.2) is 21.5 Å². The molecule has 0 fully saturated rings. The van der Waals surface area contributed by atoms with Gasteiger partial charge >= 0.3 is 5.97 Å². The van der Waals surface area contributed by atoms with Gasteiger partial charge < -0.3 is 5.11 Å². The van der Waals surface area contributed by atoms with Crippen molar-refractivity contribution in [2.45, 2.75) is 18.2 Å². The van der Waals surface area contributed by atoms with Gasteiger partial charge in [-0.25, -0.2) is 0 Å². The SMILES string of the molecule is CC1=C(CC(=O)O)c2cc(C#N)ccc2/C1=C\c1ccc(S(C)=O)cc1. The second-order valence-electron chi connectivity index (χ2n) is 6.13. The number of aliphatic carboxylic acids is 1. The lowest BCUT2D eigenvalue weighted by Gasteiger charge is -2.05. The van der Waals surface area contributed by atoms with E-state index < -0.39 is 16.8 Å². The number of nitrogens with zero attached hydrogens (tertiary/aromatic N) is 1. The molecule has 2 aromatic rings. The second-order valence-corrected chi connectivity index (χ2v) is 7.51. The van der Waals surface area contributed by atoms with E-state index in [0.717, 1.165) is 38.3 Å². The van der Waals surface area contributed by atoms with Crippen molar-refractivity contribution in [3.8, 4) is 6.07 Å². The fraction of sp³-hybridized carbons (Fsp3) is 0.143. The van der Waals surface area contributed by atoms with Crippen LogP contribution in [0.4, 0.5) is 0 Å². The fourth-order valence-corrected chi connectivity index (χ4v) is 3.67. The summed E-state index contributed by atoms with van der Waals surface area (Å²) in [5, 5.41) is 18.4. The lowest BCUT2D eigenvalue weighted by molar-refractivity contribution is -0.135. The molecule has 1 unspecified atom stereocenters. The highest BCUT2D eigenvalue weighted by Crippen LogP contribution is 2.43. The average molecular weight is 363 g/mol. The molecule has 0 radical (unpaired) electrons. The minimum atomic E-state index is -1.03. The first-order valence-electron chi connectivity index (χ1n) is 8.02. The molecule has 26 heavy (non-hydrogen) atoms. The van der Waals surface area contributed by atoms with Crippen LogP contribution in [0.15, 0.2) is 52.9 Å². The number of fused-ring (bicyclic) bond motifs is 1. The third-order valence-electron chi connectivity index (χ3n) is 4.47. The van der Waals surface area contributed by atoms with Crippen molar-refractivity contribution < 1.29 is 14.1 Å². The summed E-state index contributed by atoms with van der Waals surface area (Å²) in [5.74, 6) is -0.899. The van der Waals surface area contributed by atoms with Crippen LogP contribution >= 0.6 is 0 Å². The molecule has 0 amide bonds. The number of hydrogen-bond donors (Lipinski definition) is 1. The second kappa shape index (κ2) is 7.11. The van der Waals surface area contributed by atoms with Crippen molar-refractivity contribution >= 4 is 34.0 Å². The maximum Gasteiger partial charge on any atom is 0.307 e. The minimum Gasteiger partial charge on any atom is -0.481 e. The number of rotatable bonds is 4. The summed E-state index contributed by atoms with van der Waals surface area (Å²) in [6.45, 7) is 1.91. The van der Waals surface area contributed by atoms with Crippen LogP contribution < -0.4 is 0 Å². The van der Waals surface area contributed by atoms with E-state index in [2.05, 4.69) is 6.07 Å². The Morgan fingerprint density at radius 1 is 1.19 bits per heavy atom. The number of carboxylic acid groups (broad SMARTS) is 1. The summed E-state index contributed by atoms with van der Waals surface area (Å²) in [4.78, 5) is 12.0. The molecule has 1 N–H and O–H groups in total. The van der Waals surface area contributed by atoms with Gasteiger partial charge in [-0.05, 0) is 70.7 Å². The van der Waals surface area contributed by atoms with Crippen LogP contribution in [0, 0.1) is 11.3 Å². The summed E-state index contributed by atoms with van der Waals surface area (Å²) in [5.41, 5.74) is 5.78. The van der Waals surface area contributed by atoms with Gasteiger partial charge in [0.1, 0.15) is 0 Å². The van der Waals surface area contributed by atoms with Gasteiger partial charge in [-0.1, -0.05) is 18.2 Å². The third-order valence-corrected chi connectivity index (χ3v) is 5.41. The zero-order valence-corrected chi connectivity index (χ0v) is 15.3. The first-order valence-corrected chi connectivity index (χ1v) is 9.58. The van der Waals surface area contributed by atoms with Gasteiger partial charge in [0.15, 0.2) is 0 Å². The molecule has 0 aromatic heterocycles. The van der Waals surface area contributed by atoms with E-state index >= 15 is 0 Å². The Balaban J connectivity index is 2.12. The predicted molar refractivity (Wildman–Crippen MR) is 103 cm³/mol. The van der Waals surface area contributed by atoms with Gasteiger partial charge in [0.05, 0.1) is 18.1 Å². The highest BCUT2D eigenvalue weighted by Gasteiger charge is 2.25. The topological polar surface area (TPSA) is 78.2 Å². The molecule has 4 nitrogen and oxygen atoms in total. The Labute approximate surface area is 154 Å². The number of nitriles is 1. The van der Waals surface area contributed by atoms with E-state index in [1.54, 1.807) is 18.4 Å². The highest BCUT2D eigenvalue weighted by molar-refractivity contribution is 7.84. The van der Waals surface area contributed by atoms with E-state index in [1.807, 2.05) is 43.3 Å². The summed E-state index contributed by atoms with van der Waals surface area (Å²) in [7, 11) is -1.03. The average Bonchev–Trinajstić information content (AvgIpc) is 2.87. The Kier molecular flexibility index (Phi) is 4.88. The molecule has 130 valence electrons. The van der Waals surface area contributed by atoms with Crippen LogP contribution in [0.1, 0.15) is 35.6 Å². The summed E-state index contributed by atoms with van der Waals surface area (Å²) < 4.78 is 11.5. The smallest absolute Gasteiger partial charge is 0.307 e. The number of hydrogen-bond acceptors (Lipinski definition) is 3. The lowest BCUT2D eigenvalue weighted by Crippen LogP contribution is -1.97. The van der Waals surface area contributed by atoms with Crippen molar-refractivity contribution in [1.29, 1.82) is 5.26 Å². The molecule has 0 aliphatic heterocycles.